The lowest BCUT2D eigenvalue weighted by Gasteiger charge is -2.38. The average Bonchev–Trinajstić information content (AvgIpc) is 2.35. The topological polar surface area (TPSA) is 69.9 Å². The summed E-state index contributed by atoms with van der Waals surface area (Å²) in [7, 11) is 0. The molecule has 0 aliphatic carbocycles. The molecule has 0 saturated carbocycles. The minimum absolute atomic E-state index is 0.491. The van der Waals surface area contributed by atoms with Crippen LogP contribution in [0.15, 0.2) is 35.2 Å². The lowest BCUT2D eigenvalue weighted by molar-refractivity contribution is -0.192. The number of aliphatic hydroxyl groups is 3. The van der Waals surface area contributed by atoms with Crippen LogP contribution in [0, 0.1) is 0 Å². The van der Waals surface area contributed by atoms with Gasteiger partial charge in [-0.2, -0.15) is 0 Å². The van der Waals surface area contributed by atoms with E-state index in [1.165, 1.54) is 11.8 Å². The van der Waals surface area contributed by atoms with Crippen LogP contribution in [-0.4, -0.2) is 45.2 Å². The van der Waals surface area contributed by atoms with Gasteiger partial charge in [0.05, 0.1) is 6.10 Å². The standard InChI is InChI=1S/C12H16O4S/c1-7-9(13)10(14)11(15)12(16-7)17-8-5-3-2-4-6-8/h2-7,9-15H,1H3/t7-,9+,10-,11+,12+/m0/s1. The van der Waals surface area contributed by atoms with Crippen molar-refractivity contribution in [3.8, 4) is 0 Å². The number of benzene rings is 1. The van der Waals surface area contributed by atoms with Gasteiger partial charge in [-0.15, -0.1) is 0 Å². The zero-order chi connectivity index (χ0) is 12.4. The van der Waals surface area contributed by atoms with Crippen molar-refractivity contribution in [2.24, 2.45) is 0 Å². The van der Waals surface area contributed by atoms with E-state index in [4.69, 9.17) is 4.74 Å². The first-order chi connectivity index (χ1) is 8.09. The van der Waals surface area contributed by atoms with E-state index in [0.29, 0.717) is 0 Å². The molecule has 0 aromatic heterocycles. The van der Waals surface area contributed by atoms with Crippen LogP contribution >= 0.6 is 11.8 Å². The van der Waals surface area contributed by atoms with Gasteiger partial charge in [0.15, 0.2) is 0 Å². The van der Waals surface area contributed by atoms with Crippen LogP contribution in [0.4, 0.5) is 0 Å². The van der Waals surface area contributed by atoms with E-state index in [9.17, 15) is 15.3 Å². The number of aliphatic hydroxyl groups excluding tert-OH is 3. The Morgan fingerprint density at radius 3 is 2.29 bits per heavy atom. The SMILES string of the molecule is C[C@@H]1O[C@H](Sc2ccccc2)[C@H](O)[C@@H](O)[C@@H]1O. The molecule has 0 radical (unpaired) electrons. The third kappa shape index (κ3) is 2.81. The van der Waals surface area contributed by atoms with Crippen molar-refractivity contribution >= 4 is 11.8 Å². The van der Waals surface area contributed by atoms with Crippen molar-refractivity contribution in [2.45, 2.75) is 41.7 Å². The van der Waals surface area contributed by atoms with Crippen LogP contribution in [-0.2, 0) is 4.74 Å². The highest BCUT2D eigenvalue weighted by atomic mass is 32.2. The summed E-state index contributed by atoms with van der Waals surface area (Å²) in [5.74, 6) is 0. The monoisotopic (exact) mass is 256 g/mol. The lowest BCUT2D eigenvalue weighted by Crippen LogP contribution is -2.55. The first-order valence-electron chi connectivity index (χ1n) is 5.51. The number of hydrogen-bond donors (Lipinski definition) is 3. The van der Waals surface area contributed by atoms with Gasteiger partial charge in [-0.1, -0.05) is 30.0 Å². The summed E-state index contributed by atoms with van der Waals surface area (Å²) in [4.78, 5) is 0.951. The molecular formula is C12H16O4S. The highest BCUT2D eigenvalue weighted by molar-refractivity contribution is 7.99. The maximum Gasteiger partial charge on any atom is 0.136 e. The van der Waals surface area contributed by atoms with Gasteiger partial charge in [0.25, 0.3) is 0 Å². The maximum atomic E-state index is 9.83. The summed E-state index contributed by atoms with van der Waals surface area (Å²) in [5.41, 5.74) is -0.564. The third-order valence-electron chi connectivity index (χ3n) is 2.80. The van der Waals surface area contributed by atoms with Crippen LogP contribution in [0.2, 0.25) is 0 Å². The summed E-state index contributed by atoms with van der Waals surface area (Å²) < 4.78 is 5.49. The van der Waals surface area contributed by atoms with Gasteiger partial charge in [-0.3, -0.25) is 0 Å². The van der Waals surface area contributed by atoms with Crippen LogP contribution in [0.25, 0.3) is 0 Å². The summed E-state index contributed by atoms with van der Waals surface area (Å²) >= 11 is 1.34. The van der Waals surface area contributed by atoms with Crippen molar-refractivity contribution < 1.29 is 20.1 Å². The molecule has 5 heteroatoms. The predicted octanol–water partition coefficient (Wildman–Crippen LogP) is 0.606. The van der Waals surface area contributed by atoms with Gasteiger partial charge in [-0.05, 0) is 19.1 Å². The minimum Gasteiger partial charge on any atom is -0.388 e. The van der Waals surface area contributed by atoms with Gasteiger partial charge >= 0.3 is 0 Å². The highest BCUT2D eigenvalue weighted by Gasteiger charge is 2.42. The second kappa shape index (κ2) is 5.37. The molecule has 17 heavy (non-hydrogen) atoms. The second-order valence-electron chi connectivity index (χ2n) is 4.11. The summed E-state index contributed by atoms with van der Waals surface area (Å²) in [6, 6.07) is 9.51. The zero-order valence-corrected chi connectivity index (χ0v) is 10.2. The van der Waals surface area contributed by atoms with Crippen molar-refractivity contribution in [1.29, 1.82) is 0 Å². The molecule has 1 aromatic carbocycles. The molecule has 4 nitrogen and oxygen atoms in total. The Morgan fingerprint density at radius 1 is 1.00 bits per heavy atom. The molecule has 1 aliphatic rings. The molecule has 3 N–H and O–H groups in total. The molecule has 0 unspecified atom stereocenters. The van der Waals surface area contributed by atoms with E-state index in [1.54, 1.807) is 6.92 Å². The molecule has 1 aromatic rings. The molecule has 94 valence electrons. The van der Waals surface area contributed by atoms with Crippen LogP contribution in [0.5, 0.6) is 0 Å². The summed E-state index contributed by atoms with van der Waals surface area (Å²) in [5, 5.41) is 29.1. The van der Waals surface area contributed by atoms with E-state index in [2.05, 4.69) is 0 Å². The zero-order valence-electron chi connectivity index (χ0n) is 9.43. The Hall–Kier alpha value is -0.590. The highest BCUT2D eigenvalue weighted by Crippen LogP contribution is 2.32. The normalized spacial score (nSPS) is 38.0. The molecule has 2 rings (SSSR count). The van der Waals surface area contributed by atoms with Crippen molar-refractivity contribution in [3.05, 3.63) is 30.3 Å². The fraction of sp³-hybridized carbons (Fsp3) is 0.500. The molecule has 0 bridgehead atoms. The Labute approximate surface area is 104 Å². The summed E-state index contributed by atoms with van der Waals surface area (Å²) in [6.07, 6.45) is -3.79. The van der Waals surface area contributed by atoms with E-state index in [0.717, 1.165) is 4.90 Å². The van der Waals surface area contributed by atoms with Gasteiger partial charge in [0, 0.05) is 4.90 Å². The molecule has 0 spiro atoms. The van der Waals surface area contributed by atoms with E-state index in [-0.39, 0.29) is 0 Å². The molecule has 1 aliphatic heterocycles. The Balaban J connectivity index is 2.06. The number of ether oxygens (including phenoxy) is 1. The first kappa shape index (κ1) is 12.9. The average molecular weight is 256 g/mol. The second-order valence-corrected chi connectivity index (χ2v) is 5.28. The Bertz CT molecular complexity index is 359. The number of thioether (sulfide) groups is 1. The lowest BCUT2D eigenvalue weighted by atomic mass is 10.0. The third-order valence-corrected chi connectivity index (χ3v) is 3.97. The van der Waals surface area contributed by atoms with E-state index < -0.39 is 29.9 Å². The first-order valence-corrected chi connectivity index (χ1v) is 6.39. The molecular weight excluding hydrogens is 240 g/mol. The van der Waals surface area contributed by atoms with Crippen molar-refractivity contribution in [1.82, 2.24) is 0 Å². The predicted molar refractivity (Wildman–Crippen MR) is 64.7 cm³/mol. The summed E-state index contributed by atoms with van der Waals surface area (Å²) in [6.45, 7) is 1.68. The van der Waals surface area contributed by atoms with Crippen LogP contribution in [0.3, 0.4) is 0 Å². The largest absolute Gasteiger partial charge is 0.388 e. The van der Waals surface area contributed by atoms with Gasteiger partial charge in [-0.25, -0.2) is 0 Å². The Morgan fingerprint density at radius 2 is 1.65 bits per heavy atom. The van der Waals surface area contributed by atoms with E-state index >= 15 is 0 Å². The minimum atomic E-state index is -1.17. The van der Waals surface area contributed by atoms with Crippen LogP contribution < -0.4 is 0 Å². The number of hydrogen-bond acceptors (Lipinski definition) is 5. The maximum absolute atomic E-state index is 9.83. The van der Waals surface area contributed by atoms with Crippen molar-refractivity contribution in [3.63, 3.8) is 0 Å². The smallest absolute Gasteiger partial charge is 0.136 e. The van der Waals surface area contributed by atoms with Crippen molar-refractivity contribution in [2.75, 3.05) is 0 Å². The fourth-order valence-corrected chi connectivity index (χ4v) is 2.86. The van der Waals surface area contributed by atoms with Crippen LogP contribution in [0.1, 0.15) is 6.92 Å². The van der Waals surface area contributed by atoms with Gasteiger partial charge in [0.2, 0.25) is 0 Å². The van der Waals surface area contributed by atoms with E-state index in [1.807, 2.05) is 30.3 Å². The molecule has 5 atom stereocenters. The Kier molecular flexibility index (Phi) is 4.06. The van der Waals surface area contributed by atoms with Gasteiger partial charge in [0.1, 0.15) is 23.7 Å². The van der Waals surface area contributed by atoms with Gasteiger partial charge < -0.3 is 20.1 Å². The molecule has 1 fully saturated rings. The molecule has 1 heterocycles. The fourth-order valence-electron chi connectivity index (χ4n) is 1.74. The molecule has 0 amide bonds. The molecule has 1 saturated heterocycles. The number of rotatable bonds is 2. The quantitative estimate of drug-likeness (QED) is 0.723.